The minimum atomic E-state index is -0.00620. The third-order valence-corrected chi connectivity index (χ3v) is 4.17. The third-order valence-electron chi connectivity index (χ3n) is 2.64. The summed E-state index contributed by atoms with van der Waals surface area (Å²) >= 11 is 14.2. The van der Waals surface area contributed by atoms with Crippen molar-refractivity contribution in [3.8, 4) is 0 Å². The second kappa shape index (κ2) is 5.22. The lowest BCUT2D eigenvalue weighted by atomic mass is 10.0. The normalized spacial score (nSPS) is 12.7. The zero-order chi connectivity index (χ0) is 11.5. The van der Waals surface area contributed by atoms with Crippen LogP contribution in [0.25, 0.3) is 0 Å². The van der Waals surface area contributed by atoms with Crippen LogP contribution in [0, 0.1) is 6.92 Å². The summed E-state index contributed by atoms with van der Waals surface area (Å²) in [5, 5.41) is 4.99. The lowest BCUT2D eigenvalue weighted by Gasteiger charge is -2.12. The van der Waals surface area contributed by atoms with Gasteiger partial charge in [0.15, 0.2) is 0 Å². The maximum Gasteiger partial charge on any atom is 0.0628 e. The topological polar surface area (TPSA) is 0 Å². The molecule has 1 aromatic carbocycles. The molecule has 1 atom stereocenters. The number of rotatable bonds is 3. The van der Waals surface area contributed by atoms with Crippen LogP contribution in [0.2, 0.25) is 5.02 Å². The molecule has 3 heteroatoms. The van der Waals surface area contributed by atoms with Crippen LogP contribution < -0.4 is 0 Å². The maximum absolute atomic E-state index is 6.42. The van der Waals surface area contributed by atoms with Crippen LogP contribution in [0.1, 0.15) is 22.1 Å². The molecule has 0 aliphatic rings. The minimum absolute atomic E-state index is 0.00620. The highest BCUT2D eigenvalue weighted by Crippen LogP contribution is 2.31. The standard InChI is InChI=1S/C13H12Cl2S/c1-9-11(3-2-4-12(9)14)13(15)7-10-5-6-16-8-10/h2-6,8,13H,7H2,1H3. The molecule has 0 saturated heterocycles. The molecule has 16 heavy (non-hydrogen) atoms. The second-order valence-corrected chi connectivity index (χ2v) is 5.47. The lowest BCUT2D eigenvalue weighted by Crippen LogP contribution is -1.97. The first-order chi connectivity index (χ1) is 7.68. The predicted octanol–water partition coefficient (Wildman–Crippen LogP) is 5.23. The summed E-state index contributed by atoms with van der Waals surface area (Å²) < 4.78 is 0. The summed E-state index contributed by atoms with van der Waals surface area (Å²) in [6.07, 6.45) is 0.853. The van der Waals surface area contributed by atoms with E-state index in [0.717, 1.165) is 22.6 Å². The van der Waals surface area contributed by atoms with Crippen molar-refractivity contribution >= 4 is 34.5 Å². The summed E-state index contributed by atoms with van der Waals surface area (Å²) in [4.78, 5) is 0. The van der Waals surface area contributed by atoms with Crippen LogP contribution in [0.15, 0.2) is 35.0 Å². The van der Waals surface area contributed by atoms with E-state index >= 15 is 0 Å². The molecule has 0 aliphatic carbocycles. The first-order valence-electron chi connectivity index (χ1n) is 5.08. The molecule has 0 nitrogen and oxygen atoms in total. The molecular weight excluding hydrogens is 259 g/mol. The molecule has 0 spiro atoms. The van der Waals surface area contributed by atoms with Gasteiger partial charge in [0, 0.05) is 5.02 Å². The second-order valence-electron chi connectivity index (χ2n) is 3.76. The fraction of sp³-hybridized carbons (Fsp3) is 0.231. The van der Waals surface area contributed by atoms with Crippen LogP contribution in [-0.2, 0) is 6.42 Å². The third kappa shape index (κ3) is 2.60. The average molecular weight is 271 g/mol. The van der Waals surface area contributed by atoms with E-state index in [1.807, 2.05) is 25.1 Å². The highest BCUT2D eigenvalue weighted by molar-refractivity contribution is 7.07. The Hall–Kier alpha value is -0.500. The van der Waals surface area contributed by atoms with Crippen LogP contribution in [0.5, 0.6) is 0 Å². The smallest absolute Gasteiger partial charge is 0.0628 e. The van der Waals surface area contributed by atoms with Crippen LogP contribution in [0.4, 0.5) is 0 Å². The van der Waals surface area contributed by atoms with E-state index in [1.165, 1.54) is 5.56 Å². The number of thiophene rings is 1. The SMILES string of the molecule is Cc1c(Cl)cccc1C(Cl)Cc1ccsc1. The van der Waals surface area contributed by atoms with E-state index in [2.05, 4.69) is 16.8 Å². The van der Waals surface area contributed by atoms with Crippen molar-refractivity contribution in [1.82, 2.24) is 0 Å². The highest BCUT2D eigenvalue weighted by Gasteiger charge is 2.13. The molecule has 0 N–H and O–H groups in total. The van der Waals surface area contributed by atoms with E-state index in [4.69, 9.17) is 23.2 Å². The summed E-state index contributed by atoms with van der Waals surface area (Å²) in [6.45, 7) is 2.01. The van der Waals surface area contributed by atoms with Gasteiger partial charge in [0.25, 0.3) is 0 Å². The van der Waals surface area contributed by atoms with Gasteiger partial charge in [-0.3, -0.25) is 0 Å². The summed E-state index contributed by atoms with van der Waals surface area (Å²) in [6, 6.07) is 8.01. The Kier molecular flexibility index (Phi) is 3.91. The van der Waals surface area contributed by atoms with Crippen molar-refractivity contribution in [3.05, 3.63) is 56.7 Å². The molecule has 2 rings (SSSR count). The van der Waals surface area contributed by atoms with E-state index in [-0.39, 0.29) is 5.38 Å². The molecule has 0 saturated carbocycles. The molecule has 1 aromatic heterocycles. The molecular formula is C13H12Cl2S. The van der Waals surface area contributed by atoms with Crippen LogP contribution in [0.3, 0.4) is 0 Å². The van der Waals surface area contributed by atoms with Crippen molar-refractivity contribution in [3.63, 3.8) is 0 Å². The van der Waals surface area contributed by atoms with Crippen molar-refractivity contribution < 1.29 is 0 Å². The molecule has 2 aromatic rings. The predicted molar refractivity (Wildman–Crippen MR) is 72.8 cm³/mol. The van der Waals surface area contributed by atoms with Gasteiger partial charge in [-0.25, -0.2) is 0 Å². The number of alkyl halides is 1. The van der Waals surface area contributed by atoms with Crippen molar-refractivity contribution in [2.24, 2.45) is 0 Å². The van der Waals surface area contributed by atoms with Gasteiger partial charge < -0.3 is 0 Å². The summed E-state index contributed by atoms with van der Waals surface area (Å²) in [7, 11) is 0. The monoisotopic (exact) mass is 270 g/mol. The Morgan fingerprint density at radius 3 is 2.81 bits per heavy atom. The average Bonchev–Trinajstić information content (AvgIpc) is 2.74. The summed E-state index contributed by atoms with van der Waals surface area (Å²) in [5.74, 6) is 0. The molecule has 84 valence electrons. The maximum atomic E-state index is 6.42. The highest BCUT2D eigenvalue weighted by atomic mass is 35.5. The van der Waals surface area contributed by atoms with Gasteiger partial charge in [-0.05, 0) is 52.9 Å². The first-order valence-corrected chi connectivity index (χ1v) is 6.84. The Morgan fingerprint density at radius 2 is 2.12 bits per heavy atom. The zero-order valence-corrected chi connectivity index (χ0v) is 11.2. The van der Waals surface area contributed by atoms with E-state index in [9.17, 15) is 0 Å². The van der Waals surface area contributed by atoms with Gasteiger partial charge in [-0.15, -0.1) is 11.6 Å². The van der Waals surface area contributed by atoms with Gasteiger partial charge in [0.2, 0.25) is 0 Å². The number of hydrogen-bond acceptors (Lipinski definition) is 1. The van der Waals surface area contributed by atoms with Gasteiger partial charge in [0.1, 0.15) is 0 Å². The molecule has 0 fully saturated rings. The molecule has 0 bridgehead atoms. The van der Waals surface area contributed by atoms with Crippen LogP contribution >= 0.6 is 34.5 Å². The molecule has 1 unspecified atom stereocenters. The van der Waals surface area contributed by atoms with E-state index in [1.54, 1.807) is 11.3 Å². The Balaban J connectivity index is 2.21. The first kappa shape index (κ1) is 12.0. The molecule has 0 radical (unpaired) electrons. The fourth-order valence-corrected chi connectivity index (χ4v) is 2.97. The van der Waals surface area contributed by atoms with Crippen molar-refractivity contribution in [1.29, 1.82) is 0 Å². The number of hydrogen-bond donors (Lipinski definition) is 0. The quantitative estimate of drug-likeness (QED) is 0.670. The van der Waals surface area contributed by atoms with Gasteiger partial charge in [-0.2, -0.15) is 11.3 Å². The Morgan fingerprint density at radius 1 is 1.31 bits per heavy atom. The van der Waals surface area contributed by atoms with Crippen molar-refractivity contribution in [2.45, 2.75) is 18.7 Å². The number of halogens is 2. The molecule has 0 aliphatic heterocycles. The zero-order valence-electron chi connectivity index (χ0n) is 8.91. The van der Waals surface area contributed by atoms with Gasteiger partial charge in [0.05, 0.1) is 5.38 Å². The summed E-state index contributed by atoms with van der Waals surface area (Å²) in [5.41, 5.74) is 3.49. The van der Waals surface area contributed by atoms with Gasteiger partial charge in [-0.1, -0.05) is 23.7 Å². The molecule has 0 amide bonds. The minimum Gasteiger partial charge on any atom is -0.152 e. The van der Waals surface area contributed by atoms with Crippen molar-refractivity contribution in [2.75, 3.05) is 0 Å². The van der Waals surface area contributed by atoms with E-state index < -0.39 is 0 Å². The van der Waals surface area contributed by atoms with E-state index in [0.29, 0.717) is 0 Å². The number of benzene rings is 1. The lowest BCUT2D eigenvalue weighted by molar-refractivity contribution is 0.914. The Labute approximate surface area is 110 Å². The van der Waals surface area contributed by atoms with Gasteiger partial charge >= 0.3 is 0 Å². The molecule has 1 heterocycles. The Bertz CT molecular complexity index is 463. The fourth-order valence-electron chi connectivity index (χ4n) is 1.69. The van der Waals surface area contributed by atoms with Crippen LogP contribution in [-0.4, -0.2) is 0 Å². The largest absolute Gasteiger partial charge is 0.152 e.